The van der Waals surface area contributed by atoms with Gasteiger partial charge in [0.2, 0.25) is 0 Å². The summed E-state index contributed by atoms with van der Waals surface area (Å²) in [5.74, 6) is 1.53. The molecule has 0 saturated heterocycles. The van der Waals surface area contributed by atoms with Crippen LogP contribution in [0.15, 0.2) is 42.6 Å². The van der Waals surface area contributed by atoms with Crippen LogP contribution in [-0.4, -0.2) is 22.1 Å². The van der Waals surface area contributed by atoms with Gasteiger partial charge in [0.1, 0.15) is 17.8 Å². The third kappa shape index (κ3) is 5.53. The Balaban J connectivity index is 1.82. The molecule has 6 heteroatoms. The second-order valence-electron chi connectivity index (χ2n) is 6.05. The Kier molecular flexibility index (Phi) is 6.12. The number of nitrogens with zero attached hydrogens (tertiary/aromatic N) is 2. The van der Waals surface area contributed by atoms with Crippen LogP contribution in [0.4, 0.5) is 11.5 Å². The Bertz CT molecular complexity index is 654. The number of anilines is 1. The van der Waals surface area contributed by atoms with Crippen molar-refractivity contribution in [3.05, 3.63) is 58.3 Å². The average molecular weight is 329 g/mol. The van der Waals surface area contributed by atoms with Gasteiger partial charge < -0.3 is 10.1 Å². The standard InChI is InChI=1S/C18H23N3O3/c1-13(2)24-17-9-6-15(7-10-17)5-4-14(3)20-18-11-8-16(12-19-18)21(22)23/h6-14H,4-5H2,1-3H3,(H,19,20). The normalized spacial score (nSPS) is 12.0. The number of nitrogens with one attached hydrogen (secondary N) is 1. The lowest BCUT2D eigenvalue weighted by Gasteiger charge is -2.14. The van der Waals surface area contributed by atoms with Gasteiger partial charge in [-0.15, -0.1) is 0 Å². The molecule has 0 aliphatic rings. The van der Waals surface area contributed by atoms with Crippen molar-refractivity contribution in [2.45, 2.75) is 45.8 Å². The predicted octanol–water partition coefficient (Wildman–Crippen LogP) is 4.21. The molecule has 1 heterocycles. The molecule has 0 radical (unpaired) electrons. The van der Waals surface area contributed by atoms with Gasteiger partial charge in [-0.1, -0.05) is 12.1 Å². The second kappa shape index (κ2) is 8.29. The van der Waals surface area contributed by atoms with Gasteiger partial charge in [-0.25, -0.2) is 4.98 Å². The number of benzene rings is 1. The first kappa shape index (κ1) is 17.7. The van der Waals surface area contributed by atoms with Crippen molar-refractivity contribution >= 4 is 11.5 Å². The highest BCUT2D eigenvalue weighted by Gasteiger charge is 2.08. The summed E-state index contributed by atoms with van der Waals surface area (Å²) in [4.78, 5) is 14.2. The molecule has 1 aromatic carbocycles. The first-order valence-electron chi connectivity index (χ1n) is 8.06. The largest absolute Gasteiger partial charge is 0.491 e. The molecule has 1 unspecified atom stereocenters. The molecule has 0 bridgehead atoms. The molecule has 128 valence electrons. The van der Waals surface area contributed by atoms with Gasteiger partial charge in [-0.2, -0.15) is 0 Å². The van der Waals surface area contributed by atoms with E-state index in [-0.39, 0.29) is 17.8 Å². The third-order valence-corrected chi connectivity index (χ3v) is 3.51. The Morgan fingerprint density at radius 3 is 2.42 bits per heavy atom. The summed E-state index contributed by atoms with van der Waals surface area (Å²) >= 11 is 0. The maximum atomic E-state index is 10.6. The average Bonchev–Trinajstić information content (AvgIpc) is 2.54. The van der Waals surface area contributed by atoms with Crippen LogP contribution in [0, 0.1) is 10.1 Å². The van der Waals surface area contributed by atoms with Crippen LogP contribution in [0.3, 0.4) is 0 Å². The van der Waals surface area contributed by atoms with E-state index in [1.807, 2.05) is 26.0 Å². The minimum atomic E-state index is -0.452. The number of aromatic nitrogens is 1. The Morgan fingerprint density at radius 1 is 1.17 bits per heavy atom. The summed E-state index contributed by atoms with van der Waals surface area (Å²) in [5.41, 5.74) is 1.24. The van der Waals surface area contributed by atoms with Gasteiger partial charge in [-0.3, -0.25) is 10.1 Å². The van der Waals surface area contributed by atoms with Crippen molar-refractivity contribution in [3.63, 3.8) is 0 Å². The maximum Gasteiger partial charge on any atom is 0.287 e. The Labute approximate surface area is 142 Å². The van der Waals surface area contributed by atoms with Crippen LogP contribution in [-0.2, 0) is 6.42 Å². The number of nitro groups is 1. The molecule has 1 N–H and O–H groups in total. The SMILES string of the molecule is CC(CCc1ccc(OC(C)C)cc1)Nc1ccc([N+](=O)[O-])cn1. The second-order valence-corrected chi connectivity index (χ2v) is 6.05. The summed E-state index contributed by atoms with van der Waals surface area (Å²) in [6.07, 6.45) is 3.31. The fraction of sp³-hybridized carbons (Fsp3) is 0.389. The predicted molar refractivity (Wildman–Crippen MR) is 94.5 cm³/mol. The molecule has 2 aromatic rings. The Morgan fingerprint density at radius 2 is 1.88 bits per heavy atom. The summed E-state index contributed by atoms with van der Waals surface area (Å²) in [5, 5.41) is 13.9. The van der Waals surface area contributed by atoms with Gasteiger partial charge in [-0.05, 0) is 57.4 Å². The molecular weight excluding hydrogens is 306 g/mol. The van der Waals surface area contributed by atoms with E-state index < -0.39 is 4.92 Å². The Hall–Kier alpha value is -2.63. The molecule has 24 heavy (non-hydrogen) atoms. The molecule has 0 aliphatic carbocycles. The number of hydrogen-bond acceptors (Lipinski definition) is 5. The smallest absolute Gasteiger partial charge is 0.287 e. The van der Waals surface area contributed by atoms with E-state index in [9.17, 15) is 10.1 Å². The molecule has 0 aliphatic heterocycles. The van der Waals surface area contributed by atoms with Crippen LogP contribution < -0.4 is 10.1 Å². The van der Waals surface area contributed by atoms with Gasteiger partial charge in [0.05, 0.1) is 11.0 Å². The fourth-order valence-electron chi connectivity index (χ4n) is 2.29. The van der Waals surface area contributed by atoms with E-state index >= 15 is 0 Å². The lowest BCUT2D eigenvalue weighted by Crippen LogP contribution is -2.16. The van der Waals surface area contributed by atoms with Crippen molar-refractivity contribution in [2.24, 2.45) is 0 Å². The molecule has 0 fully saturated rings. The quantitative estimate of drug-likeness (QED) is 0.580. The number of hydrogen-bond donors (Lipinski definition) is 1. The van der Waals surface area contributed by atoms with Gasteiger partial charge in [0.15, 0.2) is 0 Å². The van der Waals surface area contributed by atoms with E-state index in [0.29, 0.717) is 5.82 Å². The van der Waals surface area contributed by atoms with Crippen molar-refractivity contribution in [3.8, 4) is 5.75 Å². The molecule has 6 nitrogen and oxygen atoms in total. The number of rotatable bonds is 8. The van der Waals surface area contributed by atoms with E-state index in [2.05, 4.69) is 29.4 Å². The zero-order chi connectivity index (χ0) is 17.5. The monoisotopic (exact) mass is 329 g/mol. The minimum absolute atomic E-state index is 0.00286. The number of aryl methyl sites for hydroxylation is 1. The van der Waals surface area contributed by atoms with E-state index in [1.165, 1.54) is 17.8 Å². The van der Waals surface area contributed by atoms with Crippen LogP contribution in [0.1, 0.15) is 32.8 Å². The highest BCUT2D eigenvalue weighted by Crippen LogP contribution is 2.17. The van der Waals surface area contributed by atoms with E-state index in [0.717, 1.165) is 18.6 Å². The molecule has 1 atom stereocenters. The van der Waals surface area contributed by atoms with E-state index in [4.69, 9.17) is 4.74 Å². The lowest BCUT2D eigenvalue weighted by molar-refractivity contribution is -0.385. The summed E-state index contributed by atoms with van der Waals surface area (Å²) in [7, 11) is 0. The number of pyridine rings is 1. The molecule has 2 rings (SSSR count). The fourth-order valence-corrected chi connectivity index (χ4v) is 2.29. The molecule has 0 amide bonds. The van der Waals surface area contributed by atoms with Gasteiger partial charge >= 0.3 is 0 Å². The highest BCUT2D eigenvalue weighted by atomic mass is 16.6. The lowest BCUT2D eigenvalue weighted by atomic mass is 10.1. The van der Waals surface area contributed by atoms with Crippen LogP contribution in [0.25, 0.3) is 0 Å². The molecule has 1 aromatic heterocycles. The third-order valence-electron chi connectivity index (χ3n) is 3.51. The highest BCUT2D eigenvalue weighted by molar-refractivity contribution is 5.40. The van der Waals surface area contributed by atoms with Crippen molar-refractivity contribution in [1.29, 1.82) is 0 Å². The molecule has 0 spiro atoms. The van der Waals surface area contributed by atoms with Crippen LogP contribution >= 0.6 is 0 Å². The molecule has 0 saturated carbocycles. The van der Waals surface area contributed by atoms with E-state index in [1.54, 1.807) is 6.07 Å². The zero-order valence-corrected chi connectivity index (χ0v) is 14.2. The minimum Gasteiger partial charge on any atom is -0.491 e. The van der Waals surface area contributed by atoms with Gasteiger partial charge in [0.25, 0.3) is 5.69 Å². The summed E-state index contributed by atoms with van der Waals surface area (Å²) < 4.78 is 5.63. The first-order chi connectivity index (χ1) is 11.4. The van der Waals surface area contributed by atoms with Crippen molar-refractivity contribution in [2.75, 3.05) is 5.32 Å². The van der Waals surface area contributed by atoms with Crippen LogP contribution in [0.2, 0.25) is 0 Å². The van der Waals surface area contributed by atoms with Crippen molar-refractivity contribution in [1.82, 2.24) is 4.98 Å². The maximum absolute atomic E-state index is 10.6. The first-order valence-corrected chi connectivity index (χ1v) is 8.06. The van der Waals surface area contributed by atoms with Crippen molar-refractivity contribution < 1.29 is 9.66 Å². The van der Waals surface area contributed by atoms with Gasteiger partial charge in [0, 0.05) is 12.1 Å². The molecular formula is C18H23N3O3. The summed E-state index contributed by atoms with van der Waals surface area (Å²) in [6, 6.07) is 11.4. The zero-order valence-electron chi connectivity index (χ0n) is 14.2. The topological polar surface area (TPSA) is 77.3 Å². The number of ether oxygens (including phenoxy) is 1. The summed E-state index contributed by atoms with van der Waals surface area (Å²) in [6.45, 7) is 6.08. The van der Waals surface area contributed by atoms with Crippen LogP contribution in [0.5, 0.6) is 5.75 Å².